The zero-order chi connectivity index (χ0) is 15.2. The number of aryl methyl sites for hydroxylation is 1. The molecule has 4 nitrogen and oxygen atoms in total. The van der Waals surface area contributed by atoms with Gasteiger partial charge >= 0.3 is 0 Å². The summed E-state index contributed by atoms with van der Waals surface area (Å²) in [6.45, 7) is 7.29. The van der Waals surface area contributed by atoms with E-state index in [1.54, 1.807) is 11.3 Å². The van der Waals surface area contributed by atoms with Gasteiger partial charge < -0.3 is 10.1 Å². The van der Waals surface area contributed by atoms with Gasteiger partial charge in [0.2, 0.25) is 11.8 Å². The summed E-state index contributed by atoms with van der Waals surface area (Å²) in [5.41, 5.74) is 0. The van der Waals surface area contributed by atoms with Gasteiger partial charge in [-0.3, -0.25) is 0 Å². The van der Waals surface area contributed by atoms with Gasteiger partial charge in [-0.1, -0.05) is 33.1 Å². The summed E-state index contributed by atoms with van der Waals surface area (Å²) in [4.78, 5) is 11.2. The number of nitrogens with one attached hydrogen (secondary N) is 1. The minimum Gasteiger partial charge on any atom is -0.477 e. The van der Waals surface area contributed by atoms with E-state index in [2.05, 4.69) is 42.1 Å². The molecule has 0 saturated heterocycles. The molecule has 2 aromatic rings. The van der Waals surface area contributed by atoms with Crippen LogP contribution in [-0.2, 0) is 0 Å². The SMILES string of the molecule is CCCCC(CC)COc1nc(NC)nc2sc(C)cc12. The van der Waals surface area contributed by atoms with Crippen molar-refractivity contribution in [3.8, 4) is 5.88 Å². The fourth-order valence-electron chi connectivity index (χ4n) is 2.33. The summed E-state index contributed by atoms with van der Waals surface area (Å²) < 4.78 is 6.04. The molecule has 0 aliphatic rings. The molecule has 0 aliphatic heterocycles. The highest BCUT2D eigenvalue weighted by molar-refractivity contribution is 7.18. The van der Waals surface area contributed by atoms with Crippen LogP contribution >= 0.6 is 11.3 Å². The first kappa shape index (κ1) is 16.0. The summed E-state index contributed by atoms with van der Waals surface area (Å²) >= 11 is 1.68. The predicted octanol–water partition coefficient (Wildman–Crippen LogP) is 4.64. The number of fused-ring (bicyclic) bond motifs is 1. The summed E-state index contributed by atoms with van der Waals surface area (Å²) in [5, 5.41) is 4.04. The second-order valence-electron chi connectivity index (χ2n) is 5.41. The van der Waals surface area contributed by atoms with Crippen molar-refractivity contribution in [3.63, 3.8) is 0 Å². The van der Waals surface area contributed by atoms with Gasteiger partial charge in [-0.05, 0) is 25.3 Å². The maximum absolute atomic E-state index is 6.04. The van der Waals surface area contributed by atoms with Gasteiger partial charge in [-0.15, -0.1) is 11.3 Å². The molecule has 0 spiro atoms. The highest BCUT2D eigenvalue weighted by atomic mass is 32.1. The average Bonchev–Trinajstić information content (AvgIpc) is 2.87. The number of rotatable bonds is 8. The van der Waals surface area contributed by atoms with Gasteiger partial charge in [0, 0.05) is 11.9 Å². The molecule has 21 heavy (non-hydrogen) atoms. The number of hydrogen-bond acceptors (Lipinski definition) is 5. The molecular formula is C16H25N3OS. The molecular weight excluding hydrogens is 282 g/mol. The Labute approximate surface area is 131 Å². The third-order valence-electron chi connectivity index (χ3n) is 3.70. The van der Waals surface area contributed by atoms with Crippen LogP contribution in [0.1, 0.15) is 44.4 Å². The third kappa shape index (κ3) is 4.06. The normalized spacial score (nSPS) is 12.6. The van der Waals surface area contributed by atoms with Gasteiger partial charge in [-0.25, -0.2) is 4.98 Å². The largest absolute Gasteiger partial charge is 0.477 e. The Bertz CT molecular complexity index is 582. The zero-order valence-electron chi connectivity index (χ0n) is 13.4. The molecule has 0 bridgehead atoms. The number of nitrogens with zero attached hydrogens (tertiary/aromatic N) is 2. The first-order chi connectivity index (χ1) is 10.2. The van der Waals surface area contributed by atoms with Crippen molar-refractivity contribution in [2.75, 3.05) is 19.0 Å². The quantitative estimate of drug-likeness (QED) is 0.772. The second-order valence-corrected chi connectivity index (χ2v) is 6.64. The Morgan fingerprint density at radius 3 is 2.81 bits per heavy atom. The number of anilines is 1. The topological polar surface area (TPSA) is 47.0 Å². The van der Waals surface area contributed by atoms with Crippen molar-refractivity contribution >= 4 is 27.5 Å². The van der Waals surface area contributed by atoms with E-state index in [1.807, 2.05) is 7.05 Å². The Morgan fingerprint density at radius 1 is 1.33 bits per heavy atom. The van der Waals surface area contributed by atoms with Crippen LogP contribution in [0.4, 0.5) is 5.95 Å². The molecule has 1 atom stereocenters. The number of aromatic nitrogens is 2. The molecule has 0 aliphatic carbocycles. The van der Waals surface area contributed by atoms with Gasteiger partial charge in [0.1, 0.15) is 4.83 Å². The molecule has 1 unspecified atom stereocenters. The Morgan fingerprint density at radius 2 is 2.14 bits per heavy atom. The molecule has 116 valence electrons. The van der Waals surface area contributed by atoms with Crippen LogP contribution in [0.15, 0.2) is 6.07 Å². The average molecular weight is 307 g/mol. The van der Waals surface area contributed by atoms with E-state index in [4.69, 9.17) is 4.74 Å². The van der Waals surface area contributed by atoms with Crippen molar-refractivity contribution in [1.29, 1.82) is 0 Å². The van der Waals surface area contributed by atoms with Gasteiger partial charge in [-0.2, -0.15) is 4.98 Å². The van der Waals surface area contributed by atoms with Crippen LogP contribution in [0.25, 0.3) is 10.2 Å². The van der Waals surface area contributed by atoms with E-state index in [1.165, 1.54) is 24.1 Å². The maximum atomic E-state index is 6.04. The number of thiophene rings is 1. The van der Waals surface area contributed by atoms with E-state index >= 15 is 0 Å². The van der Waals surface area contributed by atoms with Crippen LogP contribution in [-0.4, -0.2) is 23.6 Å². The minimum absolute atomic E-state index is 0.604. The van der Waals surface area contributed by atoms with Crippen molar-refractivity contribution in [2.45, 2.75) is 46.5 Å². The molecule has 0 saturated carbocycles. The van der Waals surface area contributed by atoms with Gasteiger partial charge in [0.25, 0.3) is 0 Å². The zero-order valence-corrected chi connectivity index (χ0v) is 14.2. The summed E-state index contributed by atoms with van der Waals surface area (Å²) in [6.07, 6.45) is 4.88. The summed E-state index contributed by atoms with van der Waals surface area (Å²) in [5.74, 6) is 1.94. The molecule has 0 fully saturated rings. The van der Waals surface area contributed by atoms with Crippen LogP contribution in [0.3, 0.4) is 0 Å². The molecule has 0 radical (unpaired) electrons. The van der Waals surface area contributed by atoms with Crippen molar-refractivity contribution < 1.29 is 4.74 Å². The van der Waals surface area contributed by atoms with Crippen molar-refractivity contribution in [2.24, 2.45) is 5.92 Å². The number of ether oxygens (including phenoxy) is 1. The Hall–Kier alpha value is -1.36. The molecule has 1 N–H and O–H groups in total. The Kier molecular flexibility index (Phi) is 5.79. The molecule has 5 heteroatoms. The fourth-order valence-corrected chi connectivity index (χ4v) is 3.20. The monoisotopic (exact) mass is 307 g/mol. The van der Waals surface area contributed by atoms with Crippen molar-refractivity contribution in [1.82, 2.24) is 9.97 Å². The lowest BCUT2D eigenvalue weighted by atomic mass is 10.0. The van der Waals surface area contributed by atoms with E-state index in [9.17, 15) is 0 Å². The highest BCUT2D eigenvalue weighted by Gasteiger charge is 2.13. The van der Waals surface area contributed by atoms with Crippen LogP contribution in [0, 0.1) is 12.8 Å². The lowest BCUT2D eigenvalue weighted by Gasteiger charge is -2.15. The predicted molar refractivity (Wildman–Crippen MR) is 90.5 cm³/mol. The summed E-state index contributed by atoms with van der Waals surface area (Å²) in [7, 11) is 1.83. The van der Waals surface area contributed by atoms with E-state index in [0.717, 1.165) is 23.2 Å². The van der Waals surface area contributed by atoms with Crippen LogP contribution in [0.5, 0.6) is 5.88 Å². The Balaban J connectivity index is 2.16. The molecule has 2 rings (SSSR count). The molecule has 2 aromatic heterocycles. The number of hydrogen-bond donors (Lipinski definition) is 1. The van der Waals surface area contributed by atoms with Gasteiger partial charge in [0.15, 0.2) is 0 Å². The first-order valence-corrected chi connectivity index (χ1v) is 8.58. The summed E-state index contributed by atoms with van der Waals surface area (Å²) in [6, 6.07) is 2.11. The van der Waals surface area contributed by atoms with E-state index in [-0.39, 0.29) is 0 Å². The molecule has 2 heterocycles. The lowest BCUT2D eigenvalue weighted by molar-refractivity contribution is 0.228. The highest BCUT2D eigenvalue weighted by Crippen LogP contribution is 2.31. The van der Waals surface area contributed by atoms with Crippen LogP contribution < -0.4 is 10.1 Å². The van der Waals surface area contributed by atoms with E-state index < -0.39 is 0 Å². The maximum Gasteiger partial charge on any atom is 0.227 e. The first-order valence-electron chi connectivity index (χ1n) is 7.76. The van der Waals surface area contributed by atoms with Crippen LogP contribution in [0.2, 0.25) is 0 Å². The molecule has 0 amide bonds. The van der Waals surface area contributed by atoms with E-state index in [0.29, 0.717) is 17.7 Å². The standard InChI is InChI=1S/C16H25N3OS/c1-5-7-8-12(6-2)10-20-14-13-9-11(3)21-15(13)19-16(17-4)18-14/h9,12H,5-8,10H2,1-4H3,(H,17,18,19). The van der Waals surface area contributed by atoms with Gasteiger partial charge in [0.05, 0.1) is 12.0 Å². The second kappa shape index (κ2) is 7.59. The minimum atomic E-state index is 0.604. The fraction of sp³-hybridized carbons (Fsp3) is 0.625. The molecule has 0 aromatic carbocycles. The number of unbranched alkanes of at least 4 members (excludes halogenated alkanes) is 1. The van der Waals surface area contributed by atoms with Crippen molar-refractivity contribution in [3.05, 3.63) is 10.9 Å². The third-order valence-corrected chi connectivity index (χ3v) is 4.65. The smallest absolute Gasteiger partial charge is 0.227 e. The lowest BCUT2D eigenvalue weighted by Crippen LogP contribution is -2.12.